The van der Waals surface area contributed by atoms with Crippen LogP contribution in [0.4, 0.5) is 5.69 Å². The SMILES string of the molecule is CC(C)CNc1cnn(CCCc2ccccc2)c(=O)c1. The molecule has 1 aromatic heterocycles. The lowest BCUT2D eigenvalue weighted by atomic mass is 10.1. The minimum absolute atomic E-state index is 0.0446. The van der Waals surface area contributed by atoms with Gasteiger partial charge in [-0.2, -0.15) is 5.10 Å². The molecular formula is C17H23N3O. The first-order valence-electron chi connectivity index (χ1n) is 7.50. The lowest BCUT2D eigenvalue weighted by Gasteiger charge is -2.09. The van der Waals surface area contributed by atoms with Crippen molar-refractivity contribution in [2.45, 2.75) is 33.2 Å². The quantitative estimate of drug-likeness (QED) is 0.851. The number of rotatable bonds is 7. The number of benzene rings is 1. The number of nitrogens with zero attached hydrogens (tertiary/aromatic N) is 2. The van der Waals surface area contributed by atoms with Gasteiger partial charge in [-0.1, -0.05) is 44.2 Å². The van der Waals surface area contributed by atoms with Gasteiger partial charge in [-0.05, 0) is 24.3 Å². The molecule has 0 atom stereocenters. The predicted octanol–water partition coefficient (Wildman–Crippen LogP) is 2.94. The Kier molecular flexibility index (Phi) is 5.55. The van der Waals surface area contributed by atoms with Crippen LogP contribution in [0.1, 0.15) is 25.8 Å². The molecule has 0 unspecified atom stereocenters. The summed E-state index contributed by atoms with van der Waals surface area (Å²) in [5.41, 5.74) is 2.05. The van der Waals surface area contributed by atoms with Crippen molar-refractivity contribution in [1.82, 2.24) is 9.78 Å². The lowest BCUT2D eigenvalue weighted by molar-refractivity contribution is 0.548. The maximum atomic E-state index is 12.0. The van der Waals surface area contributed by atoms with E-state index in [0.717, 1.165) is 25.1 Å². The molecule has 2 aromatic rings. The topological polar surface area (TPSA) is 46.9 Å². The zero-order valence-corrected chi connectivity index (χ0v) is 12.7. The minimum atomic E-state index is -0.0446. The van der Waals surface area contributed by atoms with Crippen LogP contribution < -0.4 is 10.9 Å². The van der Waals surface area contributed by atoms with E-state index in [9.17, 15) is 4.79 Å². The first-order valence-corrected chi connectivity index (χ1v) is 7.50. The minimum Gasteiger partial charge on any atom is -0.383 e. The Labute approximate surface area is 125 Å². The Morgan fingerprint density at radius 2 is 2.00 bits per heavy atom. The van der Waals surface area contributed by atoms with Crippen LogP contribution >= 0.6 is 0 Å². The Balaban J connectivity index is 1.87. The fourth-order valence-corrected chi connectivity index (χ4v) is 2.10. The van der Waals surface area contributed by atoms with Gasteiger partial charge in [0, 0.05) is 19.2 Å². The number of aryl methyl sites for hydroxylation is 2. The second-order valence-corrected chi connectivity index (χ2v) is 5.67. The second-order valence-electron chi connectivity index (χ2n) is 5.67. The highest BCUT2D eigenvalue weighted by Gasteiger charge is 2.01. The number of nitrogens with one attached hydrogen (secondary N) is 1. The standard InChI is InChI=1S/C17H23N3O/c1-14(2)12-18-16-11-17(21)20(19-13-16)10-6-9-15-7-4-3-5-8-15/h3-5,7-8,11,13-14,18H,6,9-10,12H2,1-2H3. The van der Waals surface area contributed by atoms with Gasteiger partial charge in [0.05, 0.1) is 11.9 Å². The average molecular weight is 285 g/mol. The molecule has 0 fully saturated rings. The van der Waals surface area contributed by atoms with Crippen molar-refractivity contribution in [3.63, 3.8) is 0 Å². The molecule has 112 valence electrons. The normalized spacial score (nSPS) is 10.8. The summed E-state index contributed by atoms with van der Waals surface area (Å²) in [7, 11) is 0. The van der Waals surface area contributed by atoms with Crippen molar-refractivity contribution in [2.75, 3.05) is 11.9 Å². The number of hydrogen-bond donors (Lipinski definition) is 1. The molecule has 0 aliphatic heterocycles. The monoisotopic (exact) mass is 285 g/mol. The van der Waals surface area contributed by atoms with Gasteiger partial charge in [0.1, 0.15) is 0 Å². The highest BCUT2D eigenvalue weighted by molar-refractivity contribution is 5.38. The van der Waals surface area contributed by atoms with Crippen LogP contribution in [0.15, 0.2) is 47.4 Å². The van der Waals surface area contributed by atoms with Gasteiger partial charge in [0.25, 0.3) is 5.56 Å². The number of anilines is 1. The highest BCUT2D eigenvalue weighted by atomic mass is 16.1. The van der Waals surface area contributed by atoms with Gasteiger partial charge >= 0.3 is 0 Å². The van der Waals surface area contributed by atoms with Crippen molar-refractivity contribution < 1.29 is 0 Å². The van der Waals surface area contributed by atoms with Gasteiger partial charge in [-0.3, -0.25) is 4.79 Å². The van der Waals surface area contributed by atoms with E-state index in [1.54, 1.807) is 12.3 Å². The highest BCUT2D eigenvalue weighted by Crippen LogP contribution is 2.04. The van der Waals surface area contributed by atoms with Gasteiger partial charge in [-0.25, -0.2) is 4.68 Å². The predicted molar refractivity (Wildman–Crippen MR) is 86.6 cm³/mol. The molecule has 2 rings (SSSR count). The van der Waals surface area contributed by atoms with E-state index >= 15 is 0 Å². The van der Waals surface area contributed by atoms with E-state index in [4.69, 9.17) is 0 Å². The van der Waals surface area contributed by atoms with Gasteiger partial charge in [0.2, 0.25) is 0 Å². The summed E-state index contributed by atoms with van der Waals surface area (Å²) in [6, 6.07) is 11.9. The Morgan fingerprint density at radius 1 is 1.24 bits per heavy atom. The molecule has 1 N–H and O–H groups in total. The molecule has 0 saturated heterocycles. The molecule has 1 aromatic carbocycles. The van der Waals surface area contributed by atoms with E-state index in [1.807, 2.05) is 18.2 Å². The maximum Gasteiger partial charge on any atom is 0.268 e. The van der Waals surface area contributed by atoms with Crippen LogP contribution in [-0.2, 0) is 13.0 Å². The van der Waals surface area contributed by atoms with Crippen molar-refractivity contribution in [2.24, 2.45) is 5.92 Å². The van der Waals surface area contributed by atoms with Crippen LogP contribution in [-0.4, -0.2) is 16.3 Å². The third-order valence-corrected chi connectivity index (χ3v) is 3.26. The zero-order valence-electron chi connectivity index (χ0n) is 12.7. The first-order chi connectivity index (χ1) is 10.1. The third kappa shape index (κ3) is 5.06. The van der Waals surface area contributed by atoms with Crippen LogP contribution in [0.2, 0.25) is 0 Å². The molecular weight excluding hydrogens is 262 g/mol. The van der Waals surface area contributed by atoms with E-state index < -0.39 is 0 Å². The van der Waals surface area contributed by atoms with Gasteiger partial charge in [0.15, 0.2) is 0 Å². The largest absolute Gasteiger partial charge is 0.383 e. The molecule has 0 spiro atoms. The third-order valence-electron chi connectivity index (χ3n) is 3.26. The van der Waals surface area contributed by atoms with Gasteiger partial charge < -0.3 is 5.32 Å². The molecule has 0 radical (unpaired) electrons. The Bertz CT molecular complexity index is 605. The smallest absolute Gasteiger partial charge is 0.268 e. The van der Waals surface area contributed by atoms with Crippen molar-refractivity contribution in [3.05, 3.63) is 58.5 Å². The summed E-state index contributed by atoms with van der Waals surface area (Å²) < 4.78 is 1.53. The van der Waals surface area contributed by atoms with Gasteiger partial charge in [-0.15, -0.1) is 0 Å². The first kappa shape index (κ1) is 15.3. The average Bonchev–Trinajstić information content (AvgIpc) is 2.48. The summed E-state index contributed by atoms with van der Waals surface area (Å²) >= 11 is 0. The van der Waals surface area contributed by atoms with E-state index in [0.29, 0.717) is 12.5 Å². The zero-order chi connectivity index (χ0) is 15.1. The van der Waals surface area contributed by atoms with Crippen molar-refractivity contribution in [1.29, 1.82) is 0 Å². The van der Waals surface area contributed by atoms with E-state index in [1.165, 1.54) is 10.2 Å². The van der Waals surface area contributed by atoms with E-state index in [-0.39, 0.29) is 5.56 Å². The Hall–Kier alpha value is -2.10. The molecule has 0 aliphatic carbocycles. The summed E-state index contributed by atoms with van der Waals surface area (Å²) in [6.07, 6.45) is 3.60. The van der Waals surface area contributed by atoms with Crippen LogP contribution in [0.5, 0.6) is 0 Å². The van der Waals surface area contributed by atoms with Crippen LogP contribution in [0, 0.1) is 5.92 Å². The molecule has 0 saturated carbocycles. The molecule has 21 heavy (non-hydrogen) atoms. The number of hydrogen-bond acceptors (Lipinski definition) is 3. The second kappa shape index (κ2) is 7.62. The molecule has 4 nitrogen and oxygen atoms in total. The molecule has 0 aliphatic rings. The summed E-state index contributed by atoms with van der Waals surface area (Å²) in [6.45, 7) is 5.76. The summed E-state index contributed by atoms with van der Waals surface area (Å²) in [5.74, 6) is 0.540. The van der Waals surface area contributed by atoms with E-state index in [2.05, 4.69) is 36.4 Å². The molecule has 4 heteroatoms. The van der Waals surface area contributed by atoms with Crippen LogP contribution in [0.25, 0.3) is 0 Å². The maximum absolute atomic E-state index is 12.0. The Morgan fingerprint density at radius 3 is 2.67 bits per heavy atom. The van der Waals surface area contributed by atoms with Crippen LogP contribution in [0.3, 0.4) is 0 Å². The summed E-state index contributed by atoms with van der Waals surface area (Å²) in [5, 5.41) is 7.45. The molecule has 0 amide bonds. The molecule has 1 heterocycles. The summed E-state index contributed by atoms with van der Waals surface area (Å²) in [4.78, 5) is 12.0. The van der Waals surface area contributed by atoms with Crippen molar-refractivity contribution >= 4 is 5.69 Å². The fourth-order valence-electron chi connectivity index (χ4n) is 2.10. The fraction of sp³-hybridized carbons (Fsp3) is 0.412. The molecule has 0 bridgehead atoms. The lowest BCUT2D eigenvalue weighted by Crippen LogP contribution is -2.23. The number of aromatic nitrogens is 2. The van der Waals surface area contributed by atoms with Crippen molar-refractivity contribution in [3.8, 4) is 0 Å².